The third-order valence-corrected chi connectivity index (χ3v) is 10.3. The molecule has 26 N–H and O–H groups in total. The molecule has 0 aliphatic rings. The van der Waals surface area contributed by atoms with Gasteiger partial charge in [0.25, 0.3) is 0 Å². The number of hydrogen-bond donors (Lipinski definition) is 6. The molecule has 0 aromatic heterocycles. The van der Waals surface area contributed by atoms with E-state index < -0.39 is 40.4 Å². The Morgan fingerprint density at radius 3 is 0.655 bits per heavy atom. The zero-order valence-corrected chi connectivity index (χ0v) is 22.9. The van der Waals surface area contributed by atoms with Crippen LogP contribution in [-0.4, -0.2) is 40.6 Å². The summed E-state index contributed by atoms with van der Waals surface area (Å²) in [6.07, 6.45) is 0. The molecule has 4 atom stereocenters. The van der Waals surface area contributed by atoms with Crippen molar-refractivity contribution in [2.75, 3.05) is 0 Å². The Morgan fingerprint density at radius 1 is 0.586 bits per heavy atom. The van der Waals surface area contributed by atoms with Crippen molar-refractivity contribution in [3.63, 3.8) is 0 Å². The van der Waals surface area contributed by atoms with Crippen molar-refractivity contribution in [1.29, 1.82) is 0 Å². The fourth-order valence-electron chi connectivity index (χ4n) is 0.319. The van der Waals surface area contributed by atoms with Gasteiger partial charge in [0.1, 0.15) is 0 Å². The van der Waals surface area contributed by atoms with Crippen molar-refractivity contribution < 1.29 is 129 Å². The van der Waals surface area contributed by atoms with E-state index in [-0.39, 0.29) is 60.2 Å². The second kappa shape index (κ2) is 16.8. The van der Waals surface area contributed by atoms with Crippen molar-refractivity contribution >= 4 is 30.4 Å². The van der Waals surface area contributed by atoms with Gasteiger partial charge in [-0.3, -0.25) is 0 Å². The Labute approximate surface area is 183 Å². The predicted molar refractivity (Wildman–Crippen MR) is 88.6 cm³/mol. The average Bonchev–Trinajstić information content (AvgIpc) is 2.10. The minimum atomic E-state index is -5.18. The third-order valence-electron chi connectivity index (χ3n) is 2.44. The molecule has 29 heavy (non-hydrogen) atoms. The minimum Gasteiger partial charge on any atom is -0.774 e. The molecule has 0 heterocycles. The van der Waals surface area contributed by atoms with Crippen molar-refractivity contribution in [2.24, 2.45) is 0 Å². The second-order valence-electron chi connectivity index (χ2n) is 4.52. The van der Waals surface area contributed by atoms with Gasteiger partial charge >= 0.3 is 27.3 Å². The monoisotopic (exact) mass is 634 g/mol. The van der Waals surface area contributed by atoms with Crippen LogP contribution in [0.1, 0.15) is 13.8 Å². The van der Waals surface area contributed by atoms with Crippen molar-refractivity contribution in [1.82, 2.24) is 0 Å². The van der Waals surface area contributed by atoms with Crippen LogP contribution in [0.5, 0.6) is 0 Å². The fourth-order valence-corrected chi connectivity index (χ4v) is 2.87. The summed E-state index contributed by atoms with van der Waals surface area (Å²) in [5.74, 6) is 0. The third kappa shape index (κ3) is 15.6. The molecule has 0 saturated carbocycles. The first kappa shape index (κ1) is 57.3. The molecule has 20 nitrogen and oxygen atoms in total. The van der Waals surface area contributed by atoms with Gasteiger partial charge in [0.15, 0.2) is 0 Å². The van der Waals surface area contributed by atoms with Gasteiger partial charge in [-0.15, -0.1) is 0 Å². The summed E-state index contributed by atoms with van der Waals surface area (Å²) in [5.41, 5.74) is 5.32. The summed E-state index contributed by atoms with van der Waals surface area (Å²) in [7, 11) is -20.7. The summed E-state index contributed by atoms with van der Waals surface area (Å²) in [5, 5.41) is -5.53. The predicted octanol–water partition coefficient (Wildman–Crippen LogP) is -11.4. The molecule has 0 bridgehead atoms. The number of quaternary nitrogens is 2. The van der Waals surface area contributed by atoms with E-state index in [1.54, 1.807) is 0 Å². The molecule has 4 unspecified atom stereocenters. The zero-order valence-electron chi connectivity index (χ0n) is 15.3. The molecule has 0 saturated heterocycles. The quantitative estimate of drug-likeness (QED) is 0.0955. The van der Waals surface area contributed by atoms with Crippen LogP contribution in [0.4, 0.5) is 0 Å². The normalized spacial score (nSPS) is 21.4. The second-order valence-corrected chi connectivity index (χ2v) is 13.3. The summed E-state index contributed by atoms with van der Waals surface area (Å²) in [6, 6.07) is 0. The Hall–Kier alpha value is 1.20. The molecule has 0 aromatic rings. The molecule has 0 aromatic carbocycles. The molecule has 0 aliphatic heterocycles. The first-order valence-corrected chi connectivity index (χ1v) is 11.2. The molecular formula is C4H32CdN2O18P4+4. The van der Waals surface area contributed by atoms with E-state index in [4.69, 9.17) is 19.6 Å². The maximum atomic E-state index is 10.3. The maximum Gasteiger partial charge on any atom is 2.00 e. The summed E-state index contributed by atoms with van der Waals surface area (Å²) >= 11 is 0. The maximum absolute atomic E-state index is 10.3. The number of rotatable bonds is 4. The Kier molecular flexibility index (Phi) is 33.2. The van der Waals surface area contributed by atoms with Gasteiger partial charge in [-0.1, -0.05) is 0 Å². The van der Waals surface area contributed by atoms with E-state index in [0.717, 1.165) is 0 Å². The molecule has 25 heteroatoms. The summed E-state index contributed by atoms with van der Waals surface area (Å²) in [4.78, 5) is 74.3. The molecule has 0 fully saturated rings. The average molecular weight is 633 g/mol. The van der Waals surface area contributed by atoms with E-state index in [1.165, 1.54) is 0 Å². The van der Waals surface area contributed by atoms with Crippen LogP contribution in [0.15, 0.2) is 0 Å². The van der Waals surface area contributed by atoms with Crippen LogP contribution >= 0.6 is 30.4 Å². The van der Waals surface area contributed by atoms with Crippen molar-refractivity contribution in [3.05, 3.63) is 0 Å². The van der Waals surface area contributed by atoms with Gasteiger partial charge in [0.2, 0.25) is 40.4 Å². The molecule has 0 spiro atoms. The van der Waals surface area contributed by atoms with Crippen LogP contribution < -0.4 is 31.0 Å². The van der Waals surface area contributed by atoms with Gasteiger partial charge in [-0.25, -0.2) is 0 Å². The standard InChI is InChI=1S/2C2H9NO6P2.Cd.6H2O/c2*1-2(3,10(4,5)6)11(7,8)9;;;;;;;/h2*3H2,1H3,(H2,4,5,6)(H2,7,8,9);;6*1H2/q;;+2;;;;;;/p+2. The Balaban J connectivity index is -0.0000000317. The Morgan fingerprint density at radius 2 is 0.655 bits per heavy atom. The van der Waals surface area contributed by atoms with E-state index >= 15 is 0 Å². The fraction of sp³-hybridized carbons (Fsp3) is 1.00. The largest absolute Gasteiger partial charge is 2.00 e. The van der Waals surface area contributed by atoms with Gasteiger partial charge < -0.3 is 102 Å². The van der Waals surface area contributed by atoms with Crippen LogP contribution in [-0.2, 0) is 67.5 Å². The molecule has 184 valence electrons. The van der Waals surface area contributed by atoms with E-state index in [0.29, 0.717) is 13.8 Å². The van der Waals surface area contributed by atoms with Gasteiger partial charge in [0, 0.05) is 13.8 Å². The van der Waals surface area contributed by atoms with E-state index in [9.17, 15) is 37.8 Å². The van der Waals surface area contributed by atoms with Crippen LogP contribution in [0.2, 0.25) is 0 Å². The molecule has 0 rings (SSSR count). The van der Waals surface area contributed by atoms with Crippen LogP contribution in [0.25, 0.3) is 0 Å². The zero-order chi connectivity index (χ0) is 19.0. The van der Waals surface area contributed by atoms with Crippen LogP contribution in [0.3, 0.4) is 0 Å². The van der Waals surface area contributed by atoms with Gasteiger partial charge in [-0.05, 0) is 0 Å². The van der Waals surface area contributed by atoms with E-state index in [2.05, 4.69) is 11.5 Å². The van der Waals surface area contributed by atoms with Crippen molar-refractivity contribution in [3.8, 4) is 0 Å². The molecule has 0 aliphatic carbocycles. The topological polar surface area (TPSA) is 492 Å². The number of hydrogen-bond acceptors (Lipinski definition) is 8. The summed E-state index contributed by atoms with van der Waals surface area (Å²) in [6.45, 7) is 1.18. The van der Waals surface area contributed by atoms with E-state index in [1.807, 2.05) is 0 Å². The minimum absolute atomic E-state index is 0. The summed E-state index contributed by atoms with van der Waals surface area (Å²) < 4.78 is 41.2. The Bertz CT molecular complexity index is 485. The smallest absolute Gasteiger partial charge is 0.774 e. The molecule has 0 amide bonds. The SMILES string of the molecule is CC([NH3+])(P(=O)([O-])O)P(=O)([O-])O.CC([NH3+])(P(=O)([O-])O)P(=O)([O-])O.O.O.[Cd+2].[OH3+].[OH3+].[OH3+].[OH3+]. The van der Waals surface area contributed by atoms with Crippen molar-refractivity contribution in [2.45, 2.75) is 23.9 Å². The van der Waals surface area contributed by atoms with Gasteiger partial charge in [0.05, 0.1) is 0 Å². The van der Waals surface area contributed by atoms with Crippen LogP contribution in [0, 0.1) is 0 Å². The molecule has 0 radical (unpaired) electrons. The molecular weight excluding hydrogens is 600 g/mol. The first-order valence-electron chi connectivity index (χ1n) is 4.86. The first-order chi connectivity index (χ1) is 9.00. The van der Waals surface area contributed by atoms with Gasteiger partial charge in [-0.2, -0.15) is 0 Å².